The fourth-order valence-electron chi connectivity index (χ4n) is 3.28. The van der Waals surface area contributed by atoms with Crippen LogP contribution in [0.4, 0.5) is 0 Å². The zero-order chi connectivity index (χ0) is 13.7. The van der Waals surface area contributed by atoms with E-state index >= 15 is 0 Å². The minimum atomic E-state index is 0.205. The van der Waals surface area contributed by atoms with Gasteiger partial charge in [-0.25, -0.2) is 0 Å². The van der Waals surface area contributed by atoms with Crippen LogP contribution in [0.2, 0.25) is 0 Å². The van der Waals surface area contributed by atoms with Crippen molar-refractivity contribution in [2.75, 3.05) is 13.1 Å². The molecule has 1 aliphatic rings. The van der Waals surface area contributed by atoms with Gasteiger partial charge in [0.05, 0.1) is 0 Å². The van der Waals surface area contributed by atoms with E-state index in [9.17, 15) is 0 Å². The molecule has 3 nitrogen and oxygen atoms in total. The number of nitrogens with zero attached hydrogens (tertiary/aromatic N) is 2. The molecule has 0 spiro atoms. The molecular formula is C16H27N3. The highest BCUT2D eigenvalue weighted by Gasteiger charge is 2.37. The summed E-state index contributed by atoms with van der Waals surface area (Å²) in [5.41, 5.74) is 7.65. The zero-order valence-corrected chi connectivity index (χ0v) is 12.3. The minimum absolute atomic E-state index is 0.205. The van der Waals surface area contributed by atoms with Gasteiger partial charge >= 0.3 is 0 Å². The van der Waals surface area contributed by atoms with Gasteiger partial charge in [0.1, 0.15) is 0 Å². The van der Waals surface area contributed by atoms with Crippen LogP contribution in [0.5, 0.6) is 0 Å². The monoisotopic (exact) mass is 261 g/mol. The standard InChI is InChI=1S/C16H27N3/c1-3-19(12-15-5-4-10-18-11-15)16(13-17)8-6-14(2)7-9-16/h4-5,10-11,14H,3,6-9,12-13,17H2,1-2H3. The molecule has 19 heavy (non-hydrogen) atoms. The number of nitrogens with two attached hydrogens (primary N) is 1. The average molecular weight is 261 g/mol. The summed E-state index contributed by atoms with van der Waals surface area (Å²) in [7, 11) is 0. The Morgan fingerprint density at radius 2 is 2.16 bits per heavy atom. The predicted octanol–water partition coefficient (Wildman–Crippen LogP) is 2.81. The van der Waals surface area contributed by atoms with E-state index in [-0.39, 0.29) is 5.54 Å². The molecule has 3 heteroatoms. The predicted molar refractivity (Wildman–Crippen MR) is 79.7 cm³/mol. The Balaban J connectivity index is 2.10. The first kappa shape index (κ1) is 14.5. The van der Waals surface area contributed by atoms with Gasteiger partial charge < -0.3 is 5.73 Å². The number of likely N-dealkylation sites (N-methyl/N-ethyl adjacent to an activating group) is 1. The molecule has 2 N–H and O–H groups in total. The van der Waals surface area contributed by atoms with E-state index in [2.05, 4.69) is 29.8 Å². The van der Waals surface area contributed by atoms with Crippen LogP contribution in [0.1, 0.15) is 45.1 Å². The molecule has 0 saturated heterocycles. The summed E-state index contributed by atoms with van der Waals surface area (Å²) in [6.45, 7) is 7.40. The van der Waals surface area contributed by atoms with Crippen LogP contribution >= 0.6 is 0 Å². The Morgan fingerprint density at radius 1 is 1.42 bits per heavy atom. The molecule has 0 amide bonds. The molecule has 1 saturated carbocycles. The first-order valence-electron chi connectivity index (χ1n) is 7.54. The second kappa shape index (κ2) is 6.49. The van der Waals surface area contributed by atoms with E-state index in [1.165, 1.54) is 31.2 Å². The molecule has 0 unspecified atom stereocenters. The summed E-state index contributed by atoms with van der Waals surface area (Å²) < 4.78 is 0. The molecule has 0 bridgehead atoms. The summed E-state index contributed by atoms with van der Waals surface area (Å²) in [5, 5.41) is 0. The number of aromatic nitrogens is 1. The number of pyridine rings is 1. The number of hydrogen-bond donors (Lipinski definition) is 1. The van der Waals surface area contributed by atoms with Gasteiger partial charge in [-0.2, -0.15) is 0 Å². The van der Waals surface area contributed by atoms with Crippen LogP contribution in [-0.2, 0) is 6.54 Å². The maximum Gasteiger partial charge on any atom is 0.0335 e. The van der Waals surface area contributed by atoms with Crippen molar-refractivity contribution < 1.29 is 0 Å². The normalized spacial score (nSPS) is 27.7. The number of hydrogen-bond acceptors (Lipinski definition) is 3. The molecule has 1 aromatic rings. The van der Waals surface area contributed by atoms with Gasteiger partial charge in [0.15, 0.2) is 0 Å². The average Bonchev–Trinajstić information content (AvgIpc) is 2.47. The van der Waals surface area contributed by atoms with Crippen molar-refractivity contribution in [3.05, 3.63) is 30.1 Å². The molecular weight excluding hydrogens is 234 g/mol. The fourth-order valence-corrected chi connectivity index (χ4v) is 3.28. The van der Waals surface area contributed by atoms with Crippen molar-refractivity contribution in [1.29, 1.82) is 0 Å². The van der Waals surface area contributed by atoms with E-state index in [0.717, 1.165) is 25.6 Å². The number of rotatable bonds is 5. The van der Waals surface area contributed by atoms with Crippen molar-refractivity contribution in [3.8, 4) is 0 Å². The molecule has 0 aromatic carbocycles. The molecule has 0 atom stereocenters. The second-order valence-electron chi connectivity index (χ2n) is 5.99. The molecule has 1 aliphatic carbocycles. The van der Waals surface area contributed by atoms with Crippen LogP contribution < -0.4 is 5.73 Å². The van der Waals surface area contributed by atoms with E-state index in [1.54, 1.807) is 0 Å². The van der Waals surface area contributed by atoms with Crippen molar-refractivity contribution in [3.63, 3.8) is 0 Å². The zero-order valence-electron chi connectivity index (χ0n) is 12.3. The van der Waals surface area contributed by atoms with Gasteiger partial charge in [0, 0.05) is 31.0 Å². The van der Waals surface area contributed by atoms with Crippen LogP contribution in [0, 0.1) is 5.92 Å². The van der Waals surface area contributed by atoms with Crippen LogP contribution in [0.3, 0.4) is 0 Å². The highest BCUT2D eigenvalue weighted by atomic mass is 15.2. The van der Waals surface area contributed by atoms with Crippen molar-refractivity contribution in [2.45, 2.75) is 51.6 Å². The lowest BCUT2D eigenvalue weighted by atomic mass is 9.76. The molecule has 2 rings (SSSR count). The molecule has 1 aromatic heterocycles. The van der Waals surface area contributed by atoms with E-state index in [0.29, 0.717) is 0 Å². The quantitative estimate of drug-likeness (QED) is 0.886. The smallest absolute Gasteiger partial charge is 0.0335 e. The van der Waals surface area contributed by atoms with Crippen LogP contribution in [0.15, 0.2) is 24.5 Å². The van der Waals surface area contributed by atoms with Gasteiger partial charge in [-0.3, -0.25) is 9.88 Å². The van der Waals surface area contributed by atoms with Crippen LogP contribution in [-0.4, -0.2) is 28.5 Å². The van der Waals surface area contributed by atoms with Crippen molar-refractivity contribution >= 4 is 0 Å². The maximum absolute atomic E-state index is 6.16. The molecule has 1 heterocycles. The summed E-state index contributed by atoms with van der Waals surface area (Å²) in [5.74, 6) is 0.858. The van der Waals surface area contributed by atoms with Gasteiger partial charge in [0.25, 0.3) is 0 Å². The lowest BCUT2D eigenvalue weighted by Gasteiger charge is -2.47. The van der Waals surface area contributed by atoms with Gasteiger partial charge in [-0.1, -0.05) is 19.9 Å². The molecule has 0 radical (unpaired) electrons. The van der Waals surface area contributed by atoms with Gasteiger partial charge in [-0.15, -0.1) is 0 Å². The lowest BCUT2D eigenvalue weighted by molar-refractivity contribution is 0.0423. The first-order chi connectivity index (χ1) is 9.20. The van der Waals surface area contributed by atoms with E-state index in [1.807, 2.05) is 18.5 Å². The fraction of sp³-hybridized carbons (Fsp3) is 0.688. The Hall–Kier alpha value is -0.930. The van der Waals surface area contributed by atoms with Crippen molar-refractivity contribution in [1.82, 2.24) is 9.88 Å². The van der Waals surface area contributed by atoms with Crippen LogP contribution in [0.25, 0.3) is 0 Å². The van der Waals surface area contributed by atoms with Crippen molar-refractivity contribution in [2.24, 2.45) is 11.7 Å². The maximum atomic E-state index is 6.16. The van der Waals surface area contributed by atoms with E-state index < -0.39 is 0 Å². The highest BCUT2D eigenvalue weighted by molar-refractivity contribution is 5.10. The Kier molecular flexibility index (Phi) is 4.94. The summed E-state index contributed by atoms with van der Waals surface area (Å²) >= 11 is 0. The Labute approximate surface area is 117 Å². The second-order valence-corrected chi connectivity index (χ2v) is 5.99. The summed E-state index contributed by atoms with van der Waals surface area (Å²) in [4.78, 5) is 6.79. The topological polar surface area (TPSA) is 42.2 Å². The minimum Gasteiger partial charge on any atom is -0.329 e. The first-order valence-corrected chi connectivity index (χ1v) is 7.54. The Bertz CT molecular complexity index is 369. The van der Waals surface area contributed by atoms with Gasteiger partial charge in [-0.05, 0) is 49.8 Å². The molecule has 0 aliphatic heterocycles. The third kappa shape index (κ3) is 3.34. The van der Waals surface area contributed by atoms with E-state index in [4.69, 9.17) is 5.73 Å². The third-order valence-corrected chi connectivity index (χ3v) is 4.73. The summed E-state index contributed by atoms with van der Waals surface area (Å²) in [6, 6.07) is 4.17. The highest BCUT2D eigenvalue weighted by Crippen LogP contribution is 2.36. The van der Waals surface area contributed by atoms with Gasteiger partial charge in [0.2, 0.25) is 0 Å². The third-order valence-electron chi connectivity index (χ3n) is 4.73. The largest absolute Gasteiger partial charge is 0.329 e. The SMILES string of the molecule is CCN(Cc1cccnc1)C1(CN)CCC(C)CC1. The Morgan fingerprint density at radius 3 is 2.68 bits per heavy atom. The summed E-state index contributed by atoms with van der Waals surface area (Å²) in [6.07, 6.45) is 8.89. The molecule has 1 fully saturated rings. The lowest BCUT2D eigenvalue weighted by Crippen LogP contribution is -2.55. The molecule has 106 valence electrons.